The summed E-state index contributed by atoms with van der Waals surface area (Å²) in [6.45, 7) is 3.65. The maximum absolute atomic E-state index is 11.1. The summed E-state index contributed by atoms with van der Waals surface area (Å²) < 4.78 is 0. The van der Waals surface area contributed by atoms with E-state index in [-0.39, 0.29) is 9.75 Å². The van der Waals surface area contributed by atoms with Crippen LogP contribution in [0.2, 0.25) is 0 Å². The lowest BCUT2D eigenvalue weighted by Crippen LogP contribution is -1.97. The summed E-state index contributed by atoms with van der Waals surface area (Å²) in [5.74, 6) is -2.03. The molecule has 0 fully saturated rings. The highest BCUT2D eigenvalue weighted by molar-refractivity contribution is 7.23. The molecule has 0 bridgehead atoms. The highest BCUT2D eigenvalue weighted by Crippen LogP contribution is 2.33. The van der Waals surface area contributed by atoms with Gasteiger partial charge in [0, 0.05) is 24.8 Å². The average molecular weight is 471 g/mol. The lowest BCUT2D eigenvalue weighted by atomic mass is 10.3. The molecular weight excluding hydrogens is 448 g/mol. The Morgan fingerprint density at radius 2 is 1.03 bits per heavy atom. The molecule has 0 aliphatic heterocycles. The largest absolute Gasteiger partial charge is 0.477 e. The Bertz CT molecular complexity index is 973. The molecule has 0 aliphatic rings. The number of hydrogen-bond acceptors (Lipinski definition) is 8. The van der Waals surface area contributed by atoms with Crippen molar-refractivity contribution in [1.82, 2.24) is 19.9 Å². The van der Waals surface area contributed by atoms with Crippen LogP contribution in [0.3, 0.4) is 0 Å². The second-order valence-electron chi connectivity index (χ2n) is 5.96. The quantitative estimate of drug-likeness (QED) is 0.419. The van der Waals surface area contributed by atoms with Gasteiger partial charge in [-0.25, -0.2) is 19.6 Å². The lowest BCUT2D eigenvalue weighted by Gasteiger charge is -1.89. The van der Waals surface area contributed by atoms with Crippen LogP contribution >= 0.6 is 22.7 Å². The number of pyridine rings is 2. The number of carboxylic acid groups (broad SMARTS) is 2. The molecule has 4 aromatic heterocycles. The van der Waals surface area contributed by atoms with E-state index in [1.165, 1.54) is 0 Å². The van der Waals surface area contributed by atoms with Crippen LogP contribution in [0, 0.1) is 0 Å². The monoisotopic (exact) mass is 470 g/mol. The molecule has 0 spiro atoms. The fraction of sp³-hybridized carbons (Fsp3) is 0.182. The van der Waals surface area contributed by atoms with Crippen LogP contribution in [0.1, 0.15) is 44.6 Å². The van der Waals surface area contributed by atoms with E-state index in [0.717, 1.165) is 22.7 Å². The van der Waals surface area contributed by atoms with Crippen LogP contribution in [-0.2, 0) is 12.8 Å². The standard InChI is InChI=1S/C12H12N2O4S2.2C5H5N/c1-3-5-7(11(15)16)19-9(13-5)10-14-6(4-2)8(20-10)12(17)18;2*1-2-4-6-5-3-1/h3-4H2,1-2H3,(H,15,16)(H,17,18);2*1-5H. The van der Waals surface area contributed by atoms with Gasteiger partial charge in [0.05, 0.1) is 11.4 Å². The van der Waals surface area contributed by atoms with Crippen molar-refractivity contribution in [3.8, 4) is 10.0 Å². The van der Waals surface area contributed by atoms with Gasteiger partial charge in [-0.1, -0.05) is 26.0 Å². The van der Waals surface area contributed by atoms with Crippen LogP contribution in [0.25, 0.3) is 10.0 Å². The van der Waals surface area contributed by atoms with E-state index in [9.17, 15) is 9.59 Å². The zero-order valence-electron chi connectivity index (χ0n) is 17.5. The lowest BCUT2D eigenvalue weighted by molar-refractivity contribution is 0.0689. The van der Waals surface area contributed by atoms with E-state index in [1.807, 2.05) is 50.2 Å². The number of thiazole rings is 2. The number of hydrogen-bond donors (Lipinski definition) is 2. The first-order valence-corrected chi connectivity index (χ1v) is 11.3. The van der Waals surface area contributed by atoms with Crippen LogP contribution in [0.5, 0.6) is 0 Å². The van der Waals surface area contributed by atoms with E-state index in [2.05, 4.69) is 19.9 Å². The summed E-state index contributed by atoms with van der Waals surface area (Å²) in [6, 6.07) is 11.4. The average Bonchev–Trinajstić information content (AvgIpc) is 3.47. The molecule has 0 amide bonds. The summed E-state index contributed by atoms with van der Waals surface area (Å²) >= 11 is 2.07. The van der Waals surface area contributed by atoms with Crippen molar-refractivity contribution in [2.45, 2.75) is 26.7 Å². The summed E-state index contributed by atoms with van der Waals surface area (Å²) in [6.07, 6.45) is 8.02. The SMILES string of the molecule is CCc1nc(-c2nc(CC)c(C(=O)O)s2)sc1C(=O)O.c1ccncc1.c1ccncc1. The molecule has 166 valence electrons. The normalized spacial score (nSPS) is 9.69. The number of aromatic nitrogens is 4. The van der Waals surface area contributed by atoms with Gasteiger partial charge >= 0.3 is 11.9 Å². The Balaban J connectivity index is 0.000000243. The first-order valence-electron chi connectivity index (χ1n) is 9.64. The summed E-state index contributed by atoms with van der Waals surface area (Å²) in [5, 5.41) is 19.1. The first-order chi connectivity index (χ1) is 15.5. The highest BCUT2D eigenvalue weighted by atomic mass is 32.1. The van der Waals surface area contributed by atoms with Crippen molar-refractivity contribution in [1.29, 1.82) is 0 Å². The smallest absolute Gasteiger partial charge is 0.347 e. The van der Waals surface area contributed by atoms with Gasteiger partial charge in [-0.15, -0.1) is 22.7 Å². The van der Waals surface area contributed by atoms with E-state index in [0.29, 0.717) is 34.2 Å². The molecule has 8 nitrogen and oxygen atoms in total. The van der Waals surface area contributed by atoms with Crippen LogP contribution in [-0.4, -0.2) is 42.1 Å². The summed E-state index contributed by atoms with van der Waals surface area (Å²) in [7, 11) is 0. The highest BCUT2D eigenvalue weighted by Gasteiger charge is 2.22. The number of aryl methyl sites for hydroxylation is 2. The molecule has 32 heavy (non-hydrogen) atoms. The molecule has 10 heteroatoms. The third kappa shape index (κ3) is 7.33. The topological polar surface area (TPSA) is 126 Å². The van der Waals surface area contributed by atoms with Gasteiger partial charge in [0.2, 0.25) is 0 Å². The molecule has 0 radical (unpaired) electrons. The Kier molecular flexibility index (Phi) is 10.1. The van der Waals surface area contributed by atoms with Crippen molar-refractivity contribution in [2.24, 2.45) is 0 Å². The molecule has 0 aromatic carbocycles. The number of aromatic carboxylic acids is 2. The molecule has 0 unspecified atom stereocenters. The van der Waals surface area contributed by atoms with E-state index >= 15 is 0 Å². The number of rotatable bonds is 5. The maximum Gasteiger partial charge on any atom is 0.347 e. The molecule has 4 aromatic rings. The van der Waals surface area contributed by atoms with Gasteiger partial charge in [0.15, 0.2) is 10.0 Å². The minimum atomic E-state index is -1.02. The van der Waals surface area contributed by atoms with E-state index in [4.69, 9.17) is 10.2 Å². The van der Waals surface area contributed by atoms with E-state index < -0.39 is 11.9 Å². The third-order valence-electron chi connectivity index (χ3n) is 3.77. The number of carboxylic acids is 2. The molecule has 0 aliphatic carbocycles. The molecule has 4 heterocycles. The fourth-order valence-electron chi connectivity index (χ4n) is 2.33. The minimum absolute atomic E-state index is 0.188. The Morgan fingerprint density at radius 1 is 0.688 bits per heavy atom. The third-order valence-corrected chi connectivity index (χ3v) is 6.08. The van der Waals surface area contributed by atoms with Crippen molar-refractivity contribution >= 4 is 34.6 Å². The van der Waals surface area contributed by atoms with Gasteiger partial charge in [-0.3, -0.25) is 9.97 Å². The zero-order valence-corrected chi connectivity index (χ0v) is 19.1. The van der Waals surface area contributed by atoms with Crippen molar-refractivity contribution in [2.75, 3.05) is 0 Å². The van der Waals surface area contributed by atoms with Gasteiger partial charge in [-0.05, 0) is 37.1 Å². The Hall–Kier alpha value is -3.50. The van der Waals surface area contributed by atoms with Gasteiger partial charge in [0.25, 0.3) is 0 Å². The zero-order chi connectivity index (χ0) is 23.3. The molecule has 0 saturated heterocycles. The predicted octanol–water partition coefficient (Wildman–Crippen LogP) is 4.95. The minimum Gasteiger partial charge on any atom is -0.477 e. The second kappa shape index (κ2) is 13.0. The molecule has 2 N–H and O–H groups in total. The van der Waals surface area contributed by atoms with Crippen LogP contribution in [0.4, 0.5) is 0 Å². The van der Waals surface area contributed by atoms with E-state index in [1.54, 1.807) is 24.8 Å². The van der Waals surface area contributed by atoms with Gasteiger partial charge in [0.1, 0.15) is 9.75 Å². The molecule has 0 atom stereocenters. The Labute approximate surface area is 193 Å². The molecule has 0 saturated carbocycles. The fourth-order valence-corrected chi connectivity index (χ4v) is 4.33. The number of carbonyl (C=O) groups is 2. The number of nitrogens with zero attached hydrogens (tertiary/aromatic N) is 4. The van der Waals surface area contributed by atoms with Crippen LogP contribution < -0.4 is 0 Å². The van der Waals surface area contributed by atoms with Gasteiger partial charge in [-0.2, -0.15) is 0 Å². The van der Waals surface area contributed by atoms with Crippen molar-refractivity contribution in [3.05, 3.63) is 82.3 Å². The van der Waals surface area contributed by atoms with Gasteiger partial charge < -0.3 is 10.2 Å². The van der Waals surface area contributed by atoms with Crippen molar-refractivity contribution < 1.29 is 19.8 Å². The summed E-state index contributed by atoms with van der Waals surface area (Å²) in [4.78, 5) is 38.7. The molecule has 4 rings (SSSR count). The summed E-state index contributed by atoms with van der Waals surface area (Å²) in [5.41, 5.74) is 1.00. The van der Waals surface area contributed by atoms with Crippen molar-refractivity contribution in [3.63, 3.8) is 0 Å². The maximum atomic E-state index is 11.1. The second-order valence-corrected chi connectivity index (χ2v) is 7.95. The first kappa shape index (κ1) is 24.8. The molecular formula is C22H22N4O4S2. The Morgan fingerprint density at radius 3 is 1.19 bits per heavy atom. The van der Waals surface area contributed by atoms with Crippen LogP contribution in [0.15, 0.2) is 61.2 Å². The predicted molar refractivity (Wildman–Crippen MR) is 124 cm³/mol.